The second-order valence-corrected chi connectivity index (χ2v) is 4.92. The van der Waals surface area contributed by atoms with Crippen molar-refractivity contribution in [3.63, 3.8) is 0 Å². The smallest absolute Gasteiger partial charge is 0.231 e. The molecule has 1 atom stereocenters. The molecule has 1 aromatic carbocycles. The average Bonchev–Trinajstić information content (AvgIpc) is 2.89. The molecule has 0 spiro atoms. The molecule has 0 aliphatic rings. The molecule has 108 valence electrons. The predicted molar refractivity (Wildman–Crippen MR) is 76.4 cm³/mol. The number of rotatable bonds is 6. The first-order valence-electron chi connectivity index (χ1n) is 6.82. The highest BCUT2D eigenvalue weighted by atomic mass is 16.5. The van der Waals surface area contributed by atoms with Crippen molar-refractivity contribution in [2.75, 3.05) is 13.2 Å². The van der Waals surface area contributed by atoms with Gasteiger partial charge in [0.15, 0.2) is 5.82 Å². The Kier molecular flexibility index (Phi) is 4.87. The third-order valence-corrected chi connectivity index (χ3v) is 3.16. The van der Waals surface area contributed by atoms with Gasteiger partial charge in [-0.2, -0.15) is 4.98 Å². The van der Waals surface area contributed by atoms with Crippen molar-refractivity contribution >= 4 is 0 Å². The second-order valence-electron chi connectivity index (χ2n) is 4.92. The fourth-order valence-electron chi connectivity index (χ4n) is 1.96. The highest BCUT2D eigenvalue weighted by Gasteiger charge is 2.15. The maximum absolute atomic E-state index is 5.93. The number of hydrogen-bond donors (Lipinski definition) is 1. The zero-order valence-corrected chi connectivity index (χ0v) is 12.2. The molecular weight excluding hydrogens is 254 g/mol. The molecule has 1 heterocycles. The van der Waals surface area contributed by atoms with Crippen LogP contribution in [-0.2, 0) is 11.2 Å². The summed E-state index contributed by atoms with van der Waals surface area (Å²) in [6.45, 7) is 7.10. The van der Waals surface area contributed by atoms with Gasteiger partial charge in [-0.25, -0.2) is 0 Å². The van der Waals surface area contributed by atoms with Gasteiger partial charge in [0, 0.05) is 6.61 Å². The molecule has 2 N–H and O–H groups in total. The van der Waals surface area contributed by atoms with E-state index in [1.165, 1.54) is 16.7 Å². The van der Waals surface area contributed by atoms with Crippen molar-refractivity contribution in [2.24, 2.45) is 5.73 Å². The minimum absolute atomic E-state index is 0.342. The Labute approximate surface area is 119 Å². The van der Waals surface area contributed by atoms with Crippen LogP contribution >= 0.6 is 0 Å². The van der Waals surface area contributed by atoms with Crippen molar-refractivity contribution in [2.45, 2.75) is 33.2 Å². The molecule has 0 aliphatic carbocycles. The molecule has 0 saturated heterocycles. The summed E-state index contributed by atoms with van der Waals surface area (Å²) in [6.07, 6.45) is 0.627. The maximum atomic E-state index is 5.93. The number of benzene rings is 1. The molecule has 5 nitrogen and oxygen atoms in total. The summed E-state index contributed by atoms with van der Waals surface area (Å²) in [7, 11) is 0. The number of aromatic nitrogens is 2. The predicted octanol–water partition coefficient (Wildman–Crippen LogP) is 2.31. The van der Waals surface area contributed by atoms with E-state index in [0.717, 1.165) is 0 Å². The Morgan fingerprint density at radius 1 is 1.35 bits per heavy atom. The standard InChI is InChI=1S/C15H21N3O2/c1-4-19-9-13(16)15-17-14(20-18-15)8-12-7-10(2)5-6-11(12)3/h5-7,13H,4,8-9,16H2,1-3H3. The lowest BCUT2D eigenvalue weighted by molar-refractivity contribution is 0.130. The van der Waals surface area contributed by atoms with Gasteiger partial charge in [-0.05, 0) is 31.9 Å². The van der Waals surface area contributed by atoms with Gasteiger partial charge in [0.2, 0.25) is 5.89 Å². The molecule has 20 heavy (non-hydrogen) atoms. The third-order valence-electron chi connectivity index (χ3n) is 3.16. The van der Waals surface area contributed by atoms with Gasteiger partial charge < -0.3 is 15.0 Å². The van der Waals surface area contributed by atoms with Crippen molar-refractivity contribution in [3.8, 4) is 0 Å². The normalized spacial score (nSPS) is 12.6. The lowest BCUT2D eigenvalue weighted by Gasteiger charge is -2.05. The van der Waals surface area contributed by atoms with Gasteiger partial charge in [-0.3, -0.25) is 0 Å². The highest BCUT2D eigenvalue weighted by Crippen LogP contribution is 2.16. The van der Waals surface area contributed by atoms with Gasteiger partial charge in [0.1, 0.15) is 0 Å². The minimum atomic E-state index is -0.342. The number of aryl methyl sites for hydroxylation is 2. The Morgan fingerprint density at radius 2 is 2.15 bits per heavy atom. The summed E-state index contributed by atoms with van der Waals surface area (Å²) in [4.78, 5) is 4.35. The van der Waals surface area contributed by atoms with Crippen LogP contribution in [0.4, 0.5) is 0 Å². The van der Waals surface area contributed by atoms with Crippen LogP contribution in [0, 0.1) is 13.8 Å². The van der Waals surface area contributed by atoms with Crippen LogP contribution in [0.2, 0.25) is 0 Å². The van der Waals surface area contributed by atoms with Crippen molar-refractivity contribution in [3.05, 3.63) is 46.6 Å². The first kappa shape index (κ1) is 14.7. The lowest BCUT2D eigenvalue weighted by Crippen LogP contribution is -2.18. The molecule has 0 bridgehead atoms. The number of nitrogens with two attached hydrogens (primary N) is 1. The summed E-state index contributed by atoms with van der Waals surface area (Å²) >= 11 is 0. The topological polar surface area (TPSA) is 74.2 Å². The zero-order chi connectivity index (χ0) is 14.5. The molecule has 5 heteroatoms. The Hall–Kier alpha value is -1.72. The highest BCUT2D eigenvalue weighted by molar-refractivity contribution is 5.32. The Morgan fingerprint density at radius 3 is 2.90 bits per heavy atom. The molecule has 2 rings (SSSR count). The summed E-state index contributed by atoms with van der Waals surface area (Å²) in [6, 6.07) is 5.99. The molecule has 0 fully saturated rings. The second kappa shape index (κ2) is 6.63. The van der Waals surface area contributed by atoms with Crippen molar-refractivity contribution in [1.29, 1.82) is 0 Å². The van der Waals surface area contributed by atoms with Gasteiger partial charge in [-0.15, -0.1) is 0 Å². The van der Waals surface area contributed by atoms with Gasteiger partial charge in [0.05, 0.1) is 19.1 Å². The quantitative estimate of drug-likeness (QED) is 0.875. The fourth-order valence-corrected chi connectivity index (χ4v) is 1.96. The van der Waals surface area contributed by atoms with E-state index in [2.05, 4.69) is 42.2 Å². The lowest BCUT2D eigenvalue weighted by atomic mass is 10.0. The third kappa shape index (κ3) is 3.65. The van der Waals surface area contributed by atoms with Crippen LogP contribution in [0.5, 0.6) is 0 Å². The van der Waals surface area contributed by atoms with Crippen LogP contribution in [0.3, 0.4) is 0 Å². The Bertz CT molecular complexity index is 566. The molecule has 1 aromatic heterocycles. The monoisotopic (exact) mass is 275 g/mol. The molecule has 0 radical (unpaired) electrons. The van der Waals surface area contributed by atoms with Gasteiger partial charge in [-0.1, -0.05) is 28.9 Å². The summed E-state index contributed by atoms with van der Waals surface area (Å²) in [5.74, 6) is 1.08. The fraction of sp³-hybridized carbons (Fsp3) is 0.467. The van der Waals surface area contributed by atoms with E-state index in [1.807, 2.05) is 6.92 Å². The SMILES string of the molecule is CCOCC(N)c1noc(Cc2cc(C)ccc2C)n1. The van der Waals surface area contributed by atoms with Gasteiger partial charge >= 0.3 is 0 Å². The summed E-state index contributed by atoms with van der Waals surface area (Å²) < 4.78 is 10.5. The molecule has 2 aromatic rings. The zero-order valence-electron chi connectivity index (χ0n) is 12.2. The van der Waals surface area contributed by atoms with E-state index in [0.29, 0.717) is 31.3 Å². The van der Waals surface area contributed by atoms with Crippen molar-refractivity contribution < 1.29 is 9.26 Å². The van der Waals surface area contributed by atoms with E-state index < -0.39 is 0 Å². The molecule has 1 unspecified atom stereocenters. The first-order chi connectivity index (χ1) is 9.60. The van der Waals surface area contributed by atoms with E-state index >= 15 is 0 Å². The Balaban J connectivity index is 2.07. The van der Waals surface area contributed by atoms with Crippen LogP contribution in [0.1, 0.15) is 41.4 Å². The van der Waals surface area contributed by atoms with Crippen LogP contribution < -0.4 is 5.73 Å². The molecule has 0 saturated carbocycles. The van der Waals surface area contributed by atoms with E-state index in [4.69, 9.17) is 15.0 Å². The molecule has 0 amide bonds. The molecule has 0 aliphatic heterocycles. The van der Waals surface area contributed by atoms with Crippen LogP contribution in [0.25, 0.3) is 0 Å². The van der Waals surface area contributed by atoms with Gasteiger partial charge in [0.25, 0.3) is 0 Å². The van der Waals surface area contributed by atoms with E-state index in [1.54, 1.807) is 0 Å². The largest absolute Gasteiger partial charge is 0.380 e. The number of hydrogen-bond acceptors (Lipinski definition) is 5. The number of ether oxygens (including phenoxy) is 1. The molecular formula is C15H21N3O2. The average molecular weight is 275 g/mol. The maximum Gasteiger partial charge on any atom is 0.231 e. The minimum Gasteiger partial charge on any atom is -0.380 e. The van der Waals surface area contributed by atoms with Crippen LogP contribution in [-0.4, -0.2) is 23.4 Å². The van der Waals surface area contributed by atoms with E-state index in [-0.39, 0.29) is 6.04 Å². The summed E-state index contributed by atoms with van der Waals surface area (Å²) in [5.41, 5.74) is 9.56. The summed E-state index contributed by atoms with van der Waals surface area (Å²) in [5, 5.41) is 3.93. The van der Waals surface area contributed by atoms with Crippen LogP contribution in [0.15, 0.2) is 22.7 Å². The van der Waals surface area contributed by atoms with Crippen molar-refractivity contribution in [1.82, 2.24) is 10.1 Å². The number of nitrogens with zero attached hydrogens (tertiary/aromatic N) is 2. The first-order valence-corrected chi connectivity index (χ1v) is 6.82. The van der Waals surface area contributed by atoms with E-state index in [9.17, 15) is 0 Å².